The first-order valence-electron chi connectivity index (χ1n) is 11.5. The number of piperidine rings is 1. The fraction of sp³-hybridized carbons (Fsp3) is 0.739. The van der Waals surface area contributed by atoms with E-state index in [1.165, 1.54) is 24.8 Å². The first-order valence-corrected chi connectivity index (χ1v) is 11.5. The Morgan fingerprint density at radius 2 is 1.86 bits per heavy atom. The number of nitrogens with zero attached hydrogens (tertiary/aromatic N) is 4. The monoisotopic (exact) mass is 402 g/mol. The third kappa shape index (κ3) is 8.21. The Labute approximate surface area is 178 Å². The Morgan fingerprint density at radius 1 is 1.14 bits per heavy atom. The molecule has 1 aromatic heterocycles. The van der Waals surface area contributed by atoms with E-state index in [1.807, 2.05) is 6.20 Å². The van der Waals surface area contributed by atoms with Crippen molar-refractivity contribution in [1.29, 1.82) is 0 Å². The molecule has 164 valence electrons. The molecule has 2 rings (SSSR count). The molecule has 0 aliphatic carbocycles. The van der Waals surface area contributed by atoms with Crippen LogP contribution in [0.4, 0.5) is 5.82 Å². The van der Waals surface area contributed by atoms with Gasteiger partial charge in [0.05, 0.1) is 6.54 Å². The molecule has 6 nitrogen and oxygen atoms in total. The van der Waals surface area contributed by atoms with Gasteiger partial charge in [0.25, 0.3) is 0 Å². The zero-order valence-electron chi connectivity index (χ0n) is 19.2. The lowest BCUT2D eigenvalue weighted by atomic mass is 10.1. The van der Waals surface area contributed by atoms with E-state index in [0.29, 0.717) is 18.6 Å². The molecule has 2 N–H and O–H groups in total. The summed E-state index contributed by atoms with van der Waals surface area (Å²) in [7, 11) is 0. The summed E-state index contributed by atoms with van der Waals surface area (Å²) < 4.78 is 0. The maximum absolute atomic E-state index is 4.79. The summed E-state index contributed by atoms with van der Waals surface area (Å²) in [6, 6.07) is 5.43. The molecular weight excluding hydrogens is 360 g/mol. The van der Waals surface area contributed by atoms with Crippen molar-refractivity contribution < 1.29 is 0 Å². The standard InChI is InChI=1S/C23H42N6/c1-6-24-23(26-12-10-16-29(19(2)3)20(4)5)27-18-21-11-13-25-22(17-21)28-14-8-7-9-15-28/h11,13,17,19-20H,6-10,12,14-16,18H2,1-5H3,(H2,24,26,27). The molecule has 1 aliphatic rings. The van der Waals surface area contributed by atoms with Gasteiger partial charge >= 0.3 is 0 Å². The van der Waals surface area contributed by atoms with Crippen LogP contribution in [-0.4, -0.2) is 60.7 Å². The second-order valence-electron chi connectivity index (χ2n) is 8.47. The van der Waals surface area contributed by atoms with Crippen LogP contribution in [0.2, 0.25) is 0 Å². The van der Waals surface area contributed by atoms with Gasteiger partial charge in [0, 0.05) is 51.0 Å². The molecule has 2 heterocycles. The van der Waals surface area contributed by atoms with Gasteiger partial charge in [-0.1, -0.05) is 0 Å². The van der Waals surface area contributed by atoms with Gasteiger partial charge in [-0.3, -0.25) is 4.90 Å². The number of nitrogens with one attached hydrogen (secondary N) is 2. The number of hydrogen-bond acceptors (Lipinski definition) is 4. The van der Waals surface area contributed by atoms with Gasteiger partial charge < -0.3 is 15.5 Å². The van der Waals surface area contributed by atoms with E-state index < -0.39 is 0 Å². The molecule has 1 saturated heterocycles. The topological polar surface area (TPSA) is 55.8 Å². The summed E-state index contributed by atoms with van der Waals surface area (Å²) in [5.41, 5.74) is 1.21. The number of rotatable bonds is 10. The highest BCUT2D eigenvalue weighted by Gasteiger charge is 2.13. The minimum absolute atomic E-state index is 0.581. The highest BCUT2D eigenvalue weighted by atomic mass is 15.2. The maximum atomic E-state index is 4.79. The molecular formula is C23H42N6. The van der Waals surface area contributed by atoms with E-state index in [0.717, 1.165) is 50.9 Å². The van der Waals surface area contributed by atoms with Crippen molar-refractivity contribution in [2.45, 2.75) is 78.9 Å². The highest BCUT2D eigenvalue weighted by Crippen LogP contribution is 2.18. The van der Waals surface area contributed by atoms with E-state index in [4.69, 9.17) is 4.99 Å². The summed E-state index contributed by atoms with van der Waals surface area (Å²) >= 11 is 0. The third-order valence-corrected chi connectivity index (χ3v) is 5.47. The van der Waals surface area contributed by atoms with Crippen LogP contribution in [0.5, 0.6) is 0 Å². The summed E-state index contributed by atoms with van der Waals surface area (Å²) in [5, 5.41) is 6.85. The Bertz CT molecular complexity index is 599. The number of aliphatic imine (C=N–C) groups is 1. The Hall–Kier alpha value is -1.82. The zero-order chi connectivity index (χ0) is 21.1. The van der Waals surface area contributed by atoms with Crippen LogP contribution in [0.1, 0.15) is 65.9 Å². The number of guanidine groups is 1. The average molecular weight is 403 g/mol. The lowest BCUT2D eigenvalue weighted by molar-refractivity contribution is 0.173. The molecule has 0 atom stereocenters. The van der Waals surface area contributed by atoms with Gasteiger partial charge in [-0.2, -0.15) is 0 Å². The van der Waals surface area contributed by atoms with Crippen molar-refractivity contribution in [1.82, 2.24) is 20.5 Å². The smallest absolute Gasteiger partial charge is 0.191 e. The van der Waals surface area contributed by atoms with Crippen molar-refractivity contribution in [2.24, 2.45) is 4.99 Å². The van der Waals surface area contributed by atoms with Crippen LogP contribution in [-0.2, 0) is 6.54 Å². The first-order chi connectivity index (χ1) is 14.0. The van der Waals surface area contributed by atoms with Crippen LogP contribution in [0, 0.1) is 0 Å². The molecule has 0 aromatic carbocycles. The van der Waals surface area contributed by atoms with E-state index in [-0.39, 0.29) is 0 Å². The molecule has 0 amide bonds. The second kappa shape index (κ2) is 12.7. The van der Waals surface area contributed by atoms with Crippen molar-refractivity contribution in [2.75, 3.05) is 37.6 Å². The molecule has 0 saturated carbocycles. The van der Waals surface area contributed by atoms with Crippen LogP contribution in [0.25, 0.3) is 0 Å². The second-order valence-corrected chi connectivity index (χ2v) is 8.47. The Morgan fingerprint density at radius 3 is 2.52 bits per heavy atom. The summed E-state index contributed by atoms with van der Waals surface area (Å²) in [5.74, 6) is 1.99. The predicted molar refractivity (Wildman–Crippen MR) is 125 cm³/mol. The van der Waals surface area contributed by atoms with E-state index in [9.17, 15) is 0 Å². The molecule has 6 heteroatoms. The van der Waals surface area contributed by atoms with Gasteiger partial charge in [0.15, 0.2) is 5.96 Å². The SMILES string of the molecule is CCNC(=NCc1ccnc(N2CCCCC2)c1)NCCCN(C(C)C)C(C)C. The maximum Gasteiger partial charge on any atom is 0.191 e. The average Bonchev–Trinajstić information content (AvgIpc) is 2.72. The molecule has 0 radical (unpaired) electrons. The number of hydrogen-bond donors (Lipinski definition) is 2. The van der Waals surface area contributed by atoms with Gasteiger partial charge in [-0.15, -0.1) is 0 Å². The van der Waals surface area contributed by atoms with Gasteiger partial charge in [-0.25, -0.2) is 9.98 Å². The normalized spacial score (nSPS) is 15.4. The number of anilines is 1. The first kappa shape index (κ1) is 23.5. The summed E-state index contributed by atoms with van der Waals surface area (Å²) in [6.45, 7) is 17.0. The van der Waals surface area contributed by atoms with Gasteiger partial charge in [0.1, 0.15) is 5.82 Å². The molecule has 1 fully saturated rings. The minimum Gasteiger partial charge on any atom is -0.357 e. The Kier molecular flexibility index (Phi) is 10.3. The van der Waals surface area contributed by atoms with Crippen molar-refractivity contribution >= 4 is 11.8 Å². The van der Waals surface area contributed by atoms with E-state index in [1.54, 1.807) is 0 Å². The zero-order valence-corrected chi connectivity index (χ0v) is 19.2. The fourth-order valence-electron chi connectivity index (χ4n) is 3.95. The molecule has 29 heavy (non-hydrogen) atoms. The fourth-order valence-corrected chi connectivity index (χ4v) is 3.95. The molecule has 0 spiro atoms. The van der Waals surface area contributed by atoms with E-state index >= 15 is 0 Å². The lowest BCUT2D eigenvalue weighted by Gasteiger charge is -2.30. The predicted octanol–water partition coefficient (Wildman–Crippen LogP) is 3.64. The largest absolute Gasteiger partial charge is 0.357 e. The third-order valence-electron chi connectivity index (χ3n) is 5.47. The summed E-state index contributed by atoms with van der Waals surface area (Å²) in [4.78, 5) is 14.3. The Balaban J connectivity index is 1.86. The summed E-state index contributed by atoms with van der Waals surface area (Å²) in [6.07, 6.45) is 6.90. The number of pyridine rings is 1. The highest BCUT2D eigenvalue weighted by molar-refractivity contribution is 5.79. The van der Waals surface area contributed by atoms with E-state index in [2.05, 4.69) is 72.2 Å². The number of aromatic nitrogens is 1. The van der Waals surface area contributed by atoms with Crippen molar-refractivity contribution in [3.8, 4) is 0 Å². The van der Waals surface area contributed by atoms with Crippen molar-refractivity contribution in [3.05, 3.63) is 23.9 Å². The van der Waals surface area contributed by atoms with Crippen molar-refractivity contribution in [3.63, 3.8) is 0 Å². The van der Waals surface area contributed by atoms with Crippen LogP contribution in [0.3, 0.4) is 0 Å². The van der Waals surface area contributed by atoms with Crippen LogP contribution in [0.15, 0.2) is 23.3 Å². The molecule has 0 unspecified atom stereocenters. The van der Waals surface area contributed by atoms with Gasteiger partial charge in [-0.05, 0) is 78.0 Å². The van der Waals surface area contributed by atoms with Crippen LogP contribution >= 0.6 is 0 Å². The molecule has 1 aromatic rings. The van der Waals surface area contributed by atoms with Gasteiger partial charge in [0.2, 0.25) is 0 Å². The quantitative estimate of drug-likeness (QED) is 0.355. The molecule has 1 aliphatic heterocycles. The van der Waals surface area contributed by atoms with Crippen LogP contribution < -0.4 is 15.5 Å². The molecule has 0 bridgehead atoms. The minimum atomic E-state index is 0.581. The lowest BCUT2D eigenvalue weighted by Crippen LogP contribution is -2.41.